The van der Waals surface area contributed by atoms with Crippen LogP contribution in [0.5, 0.6) is 0 Å². The molecule has 1 aromatic rings. The van der Waals surface area contributed by atoms with Gasteiger partial charge in [0.15, 0.2) is 0 Å². The van der Waals surface area contributed by atoms with Gasteiger partial charge in [0.05, 0.1) is 6.10 Å². The van der Waals surface area contributed by atoms with E-state index in [1.54, 1.807) is 11.3 Å². The van der Waals surface area contributed by atoms with Crippen molar-refractivity contribution in [2.24, 2.45) is 5.92 Å². The predicted octanol–water partition coefficient (Wildman–Crippen LogP) is 3.71. The van der Waals surface area contributed by atoms with Crippen LogP contribution in [0, 0.1) is 5.92 Å². The number of nitrogens with one attached hydrogen (secondary N) is 1. The molecule has 1 heterocycles. The fraction of sp³-hybridized carbons (Fsp3) is 0.692. The lowest BCUT2D eigenvalue weighted by atomic mass is 9.86. The Morgan fingerprint density at radius 3 is 2.94 bits per heavy atom. The third-order valence-corrected chi connectivity index (χ3v) is 5.45. The molecular weight excluding hydrogens is 298 g/mol. The molecule has 0 spiro atoms. The number of halogens is 1. The van der Waals surface area contributed by atoms with Gasteiger partial charge < -0.3 is 10.4 Å². The monoisotopic (exact) mass is 317 g/mol. The molecule has 4 heteroatoms. The molecule has 0 radical (unpaired) electrons. The second-order valence-electron chi connectivity index (χ2n) is 4.91. The van der Waals surface area contributed by atoms with Gasteiger partial charge >= 0.3 is 0 Å². The Bertz CT molecular complexity index is 355. The average molecular weight is 318 g/mol. The van der Waals surface area contributed by atoms with E-state index in [0.29, 0.717) is 12.0 Å². The predicted molar refractivity (Wildman–Crippen MR) is 76.4 cm³/mol. The van der Waals surface area contributed by atoms with Crippen molar-refractivity contribution in [3.63, 3.8) is 0 Å². The zero-order valence-electron chi connectivity index (χ0n) is 10.2. The quantitative estimate of drug-likeness (QED) is 0.887. The van der Waals surface area contributed by atoms with E-state index in [0.717, 1.165) is 23.9 Å². The minimum atomic E-state index is -0.0986. The summed E-state index contributed by atoms with van der Waals surface area (Å²) >= 11 is 5.25. The number of aliphatic hydroxyl groups is 1. The first-order valence-electron chi connectivity index (χ1n) is 6.32. The van der Waals surface area contributed by atoms with Gasteiger partial charge in [0.1, 0.15) is 0 Å². The summed E-state index contributed by atoms with van der Waals surface area (Å²) < 4.78 is 1.16. The topological polar surface area (TPSA) is 32.3 Å². The Morgan fingerprint density at radius 1 is 1.53 bits per heavy atom. The first-order chi connectivity index (χ1) is 8.16. The summed E-state index contributed by atoms with van der Waals surface area (Å²) in [4.78, 5) is 1.35. The molecule has 2 nitrogen and oxygen atoms in total. The molecular formula is C13H20BrNOS. The molecule has 1 aliphatic carbocycles. The number of aliphatic hydroxyl groups excluding tert-OH is 1. The Hall–Kier alpha value is 0.1000. The maximum Gasteiger partial charge on any atom is 0.0580 e. The first-order valence-corrected chi connectivity index (χ1v) is 7.99. The Balaban J connectivity index is 1.81. The van der Waals surface area contributed by atoms with Crippen LogP contribution in [0.3, 0.4) is 0 Å². The Kier molecular flexibility index (Phi) is 5.03. The highest BCUT2D eigenvalue weighted by Crippen LogP contribution is 2.27. The average Bonchev–Trinajstić information content (AvgIpc) is 2.74. The molecule has 1 saturated carbocycles. The van der Waals surface area contributed by atoms with Gasteiger partial charge in [-0.3, -0.25) is 0 Å². The number of hydrogen-bond acceptors (Lipinski definition) is 3. The van der Waals surface area contributed by atoms with Crippen LogP contribution in [-0.4, -0.2) is 17.8 Å². The smallest absolute Gasteiger partial charge is 0.0580 e. The molecule has 1 fully saturated rings. The van der Waals surface area contributed by atoms with E-state index in [2.05, 4.69) is 39.6 Å². The van der Waals surface area contributed by atoms with Crippen LogP contribution in [0.25, 0.3) is 0 Å². The maximum absolute atomic E-state index is 9.91. The van der Waals surface area contributed by atoms with Gasteiger partial charge in [-0.05, 0) is 47.7 Å². The van der Waals surface area contributed by atoms with Crippen molar-refractivity contribution in [2.45, 2.75) is 44.8 Å². The summed E-state index contributed by atoms with van der Waals surface area (Å²) in [7, 11) is 0. The van der Waals surface area contributed by atoms with E-state index in [1.165, 1.54) is 17.7 Å². The molecule has 1 aromatic heterocycles. The van der Waals surface area contributed by atoms with E-state index < -0.39 is 0 Å². The number of thiophene rings is 1. The molecule has 0 amide bonds. The van der Waals surface area contributed by atoms with Crippen LogP contribution in [0.2, 0.25) is 0 Å². The third-order valence-electron chi connectivity index (χ3n) is 3.57. The van der Waals surface area contributed by atoms with E-state index in [9.17, 15) is 5.11 Å². The van der Waals surface area contributed by atoms with Crippen molar-refractivity contribution >= 4 is 27.3 Å². The lowest BCUT2D eigenvalue weighted by Gasteiger charge is -2.28. The fourth-order valence-electron chi connectivity index (χ4n) is 2.41. The van der Waals surface area contributed by atoms with Crippen molar-refractivity contribution in [2.75, 3.05) is 6.54 Å². The van der Waals surface area contributed by atoms with Crippen LogP contribution < -0.4 is 5.32 Å². The maximum atomic E-state index is 9.91. The largest absolute Gasteiger partial charge is 0.393 e. The summed E-state index contributed by atoms with van der Waals surface area (Å²) in [5, 5.41) is 15.6. The van der Waals surface area contributed by atoms with Crippen molar-refractivity contribution in [3.05, 3.63) is 20.8 Å². The van der Waals surface area contributed by atoms with E-state index in [4.69, 9.17) is 0 Å². The van der Waals surface area contributed by atoms with Crippen LogP contribution in [-0.2, 0) is 0 Å². The normalized spacial score (nSPS) is 27.0. The highest BCUT2D eigenvalue weighted by molar-refractivity contribution is 9.10. The standard InChI is InChI=1S/C13H20BrNOS/c1-9(13-6-11(14)8-17-13)15-7-10-4-2-3-5-12(10)16/h6,8-10,12,15-16H,2-5,7H2,1H3. The van der Waals surface area contributed by atoms with Gasteiger partial charge in [0.2, 0.25) is 0 Å². The number of hydrogen-bond donors (Lipinski definition) is 2. The van der Waals surface area contributed by atoms with Crippen molar-refractivity contribution < 1.29 is 5.11 Å². The van der Waals surface area contributed by atoms with Crippen molar-refractivity contribution in [1.82, 2.24) is 5.32 Å². The molecule has 3 unspecified atom stereocenters. The van der Waals surface area contributed by atoms with E-state index in [1.807, 2.05) is 0 Å². The highest BCUT2D eigenvalue weighted by atomic mass is 79.9. The molecule has 0 saturated heterocycles. The van der Waals surface area contributed by atoms with Crippen molar-refractivity contribution in [3.8, 4) is 0 Å². The fourth-order valence-corrected chi connectivity index (χ4v) is 3.89. The molecule has 0 aromatic carbocycles. The van der Waals surface area contributed by atoms with E-state index >= 15 is 0 Å². The molecule has 3 atom stereocenters. The summed E-state index contributed by atoms with van der Waals surface area (Å²) in [6.45, 7) is 3.12. The van der Waals surface area contributed by atoms with E-state index in [-0.39, 0.29) is 6.10 Å². The molecule has 2 N–H and O–H groups in total. The molecule has 0 aliphatic heterocycles. The second kappa shape index (κ2) is 6.32. The van der Waals surface area contributed by atoms with Crippen LogP contribution in [0.15, 0.2) is 15.9 Å². The summed E-state index contributed by atoms with van der Waals surface area (Å²) in [6.07, 6.45) is 4.49. The summed E-state index contributed by atoms with van der Waals surface area (Å²) in [5.41, 5.74) is 0. The zero-order valence-corrected chi connectivity index (χ0v) is 12.6. The van der Waals surface area contributed by atoms with Gasteiger partial charge in [0, 0.05) is 27.3 Å². The van der Waals surface area contributed by atoms with Crippen LogP contribution in [0.1, 0.15) is 43.5 Å². The minimum Gasteiger partial charge on any atom is -0.393 e. The first kappa shape index (κ1) is 13.5. The van der Waals surface area contributed by atoms with Gasteiger partial charge in [-0.15, -0.1) is 11.3 Å². The highest BCUT2D eigenvalue weighted by Gasteiger charge is 2.23. The Morgan fingerprint density at radius 2 is 2.29 bits per heavy atom. The molecule has 1 aliphatic rings. The second-order valence-corrected chi connectivity index (χ2v) is 6.77. The molecule has 2 rings (SSSR count). The zero-order chi connectivity index (χ0) is 12.3. The third kappa shape index (κ3) is 3.78. The lowest BCUT2D eigenvalue weighted by molar-refractivity contribution is 0.0684. The van der Waals surface area contributed by atoms with Crippen LogP contribution in [0.4, 0.5) is 0 Å². The molecule has 96 valence electrons. The lowest BCUT2D eigenvalue weighted by Crippen LogP contribution is -2.34. The van der Waals surface area contributed by atoms with Gasteiger partial charge in [-0.25, -0.2) is 0 Å². The number of rotatable bonds is 4. The van der Waals surface area contributed by atoms with Gasteiger partial charge in [-0.2, -0.15) is 0 Å². The van der Waals surface area contributed by atoms with Gasteiger partial charge in [-0.1, -0.05) is 12.8 Å². The molecule has 0 bridgehead atoms. The molecule has 17 heavy (non-hydrogen) atoms. The van der Waals surface area contributed by atoms with Gasteiger partial charge in [0.25, 0.3) is 0 Å². The van der Waals surface area contributed by atoms with Crippen LogP contribution >= 0.6 is 27.3 Å². The Labute approximate surface area is 116 Å². The summed E-state index contributed by atoms with van der Waals surface area (Å²) in [6, 6.07) is 2.54. The minimum absolute atomic E-state index is 0.0986. The SMILES string of the molecule is CC(NCC1CCCCC1O)c1cc(Br)cs1. The summed E-state index contributed by atoms with van der Waals surface area (Å²) in [5.74, 6) is 0.439. The van der Waals surface area contributed by atoms with Crippen molar-refractivity contribution in [1.29, 1.82) is 0 Å².